The van der Waals surface area contributed by atoms with Gasteiger partial charge in [-0.05, 0) is 62.1 Å². The van der Waals surface area contributed by atoms with E-state index < -0.39 is 10.1 Å². The normalized spacial score (nSPS) is 11.4. The molecule has 0 aliphatic carbocycles. The number of benzene rings is 2. The number of carbonyl (C=O) groups excluding carboxylic acids is 1. The molecule has 0 unspecified atom stereocenters. The molecule has 4 rings (SSSR count). The molecule has 4 aromatic rings. The summed E-state index contributed by atoms with van der Waals surface area (Å²) in [5.74, 6) is 0.0279. The molecule has 0 bridgehead atoms. The first-order valence-corrected chi connectivity index (χ1v) is 11.6. The Hall–Kier alpha value is -3.62. The Labute approximate surface area is 193 Å². The summed E-state index contributed by atoms with van der Waals surface area (Å²) in [4.78, 5) is 14.5. The van der Waals surface area contributed by atoms with Gasteiger partial charge in [0.1, 0.15) is 16.3 Å². The summed E-state index contributed by atoms with van der Waals surface area (Å²) in [5.41, 5.74) is 4.65. The molecule has 0 aliphatic heterocycles. The minimum atomic E-state index is -4.33. The highest BCUT2D eigenvalue weighted by molar-refractivity contribution is 7.85. The summed E-state index contributed by atoms with van der Waals surface area (Å²) < 4.78 is 34.1. The van der Waals surface area contributed by atoms with Crippen molar-refractivity contribution in [3.8, 4) is 0 Å². The molecule has 8 heteroatoms. The Kier molecular flexibility index (Phi) is 7.20. The maximum absolute atomic E-state index is 11.3. The number of aromatic nitrogens is 2. The number of Topliss-reactive ketones (excluding diaryl/α,β-unsaturated/α-hetero) is 1. The Morgan fingerprint density at radius 1 is 1.03 bits per heavy atom. The zero-order valence-corrected chi connectivity index (χ0v) is 19.7. The van der Waals surface area contributed by atoms with Crippen molar-refractivity contribution in [1.82, 2.24) is 4.98 Å². The lowest BCUT2D eigenvalue weighted by atomic mass is 10.1. The molecule has 0 amide bonds. The molecule has 1 N–H and O–H groups in total. The molecular formula is C25H25N3O4S. The van der Waals surface area contributed by atoms with Crippen LogP contribution in [0.5, 0.6) is 0 Å². The molecule has 0 atom stereocenters. The van der Waals surface area contributed by atoms with Crippen molar-refractivity contribution in [2.45, 2.75) is 32.6 Å². The first kappa shape index (κ1) is 24.0. The highest BCUT2D eigenvalue weighted by atomic mass is 32.2. The van der Waals surface area contributed by atoms with Gasteiger partial charge in [0, 0.05) is 17.0 Å². The second kappa shape index (κ2) is 9.89. The lowest BCUT2D eigenvalue weighted by molar-refractivity contribution is -0.678. The molecule has 2 heterocycles. The smallest absolute Gasteiger partial charge is 0.213 e. The van der Waals surface area contributed by atoms with E-state index in [1.54, 1.807) is 68.3 Å². The van der Waals surface area contributed by atoms with Gasteiger partial charge in [0.15, 0.2) is 5.78 Å². The Morgan fingerprint density at radius 3 is 2.30 bits per heavy atom. The molecule has 33 heavy (non-hydrogen) atoms. The summed E-state index contributed by atoms with van der Waals surface area (Å²) >= 11 is 0. The van der Waals surface area contributed by atoms with Gasteiger partial charge in [-0.1, -0.05) is 40.6 Å². The zero-order chi connectivity index (χ0) is 24.2. The Morgan fingerprint density at radius 2 is 1.70 bits per heavy atom. The van der Waals surface area contributed by atoms with Crippen molar-refractivity contribution >= 4 is 33.0 Å². The second-order valence-electron chi connectivity index (χ2n) is 7.77. The number of para-hydroxylation sites is 1. The van der Waals surface area contributed by atoms with Gasteiger partial charge >= 0.3 is 0 Å². The largest absolute Gasteiger partial charge is 0.744 e. The number of aromatic amines is 1. The SMILES string of the molecule is CC(=O)c1ccc[n+](/N=C/c2cc3ccccc3[nH]2)c1.Cc1cc(C)c(S(=O)(=O)[O-])c(C)c1. The van der Waals surface area contributed by atoms with Crippen LogP contribution in [0.15, 0.2) is 77.0 Å². The van der Waals surface area contributed by atoms with Gasteiger partial charge in [-0.2, -0.15) is 0 Å². The summed E-state index contributed by atoms with van der Waals surface area (Å²) in [6, 6.07) is 17.1. The number of ketones is 1. The highest BCUT2D eigenvalue weighted by Gasteiger charge is 2.09. The third-order valence-electron chi connectivity index (χ3n) is 4.93. The van der Waals surface area contributed by atoms with E-state index in [0.29, 0.717) is 16.7 Å². The van der Waals surface area contributed by atoms with Crippen molar-refractivity contribution in [3.63, 3.8) is 0 Å². The molecular weight excluding hydrogens is 438 g/mol. The van der Waals surface area contributed by atoms with Crippen LogP contribution in [-0.2, 0) is 10.1 Å². The van der Waals surface area contributed by atoms with Crippen LogP contribution in [0, 0.1) is 20.8 Å². The highest BCUT2D eigenvalue weighted by Crippen LogP contribution is 2.20. The minimum absolute atomic E-state index is 0.0279. The predicted octanol–water partition coefficient (Wildman–Crippen LogP) is 4.06. The van der Waals surface area contributed by atoms with Crippen LogP contribution in [0.1, 0.15) is 39.7 Å². The van der Waals surface area contributed by atoms with E-state index in [1.807, 2.05) is 37.3 Å². The number of nitrogens with zero attached hydrogens (tertiary/aromatic N) is 2. The molecule has 0 saturated heterocycles. The average Bonchev–Trinajstić information content (AvgIpc) is 3.14. The van der Waals surface area contributed by atoms with Gasteiger partial charge in [-0.3, -0.25) is 4.79 Å². The monoisotopic (exact) mass is 463 g/mol. The molecule has 7 nitrogen and oxygen atoms in total. The van der Waals surface area contributed by atoms with E-state index in [1.165, 1.54) is 0 Å². The van der Waals surface area contributed by atoms with Crippen LogP contribution in [0.25, 0.3) is 10.9 Å². The number of pyridine rings is 1. The van der Waals surface area contributed by atoms with Crippen LogP contribution in [0.2, 0.25) is 0 Å². The van der Waals surface area contributed by atoms with E-state index in [0.717, 1.165) is 22.2 Å². The minimum Gasteiger partial charge on any atom is -0.744 e. The van der Waals surface area contributed by atoms with Crippen LogP contribution < -0.4 is 4.68 Å². The van der Waals surface area contributed by atoms with Crippen molar-refractivity contribution in [2.24, 2.45) is 5.10 Å². The topological polar surface area (TPSA) is 106 Å². The number of hydrogen-bond acceptors (Lipinski definition) is 5. The lowest BCUT2D eigenvalue weighted by Gasteiger charge is -2.14. The Balaban J connectivity index is 0.000000205. The standard InChI is InChI=1S/C16H14N3O.C9H12O3S/c1-12(20)14-6-4-8-19(11-14)17-10-15-9-13-5-2-3-7-16(13)18-15;1-6-4-7(2)9(8(3)5-6)13(10,11)12/h2-11,18H,1H3;4-5H,1-3H3,(H,10,11,12)/q+1;/p-1/b17-10+;. The van der Waals surface area contributed by atoms with Crippen molar-refractivity contribution in [1.29, 1.82) is 0 Å². The average molecular weight is 464 g/mol. The first-order chi connectivity index (χ1) is 15.5. The fourth-order valence-corrected chi connectivity index (χ4v) is 4.51. The molecule has 2 aromatic heterocycles. The number of carbonyl (C=O) groups is 1. The third-order valence-corrected chi connectivity index (χ3v) is 6.07. The zero-order valence-electron chi connectivity index (χ0n) is 18.9. The van der Waals surface area contributed by atoms with Gasteiger partial charge in [0.05, 0.1) is 16.2 Å². The van der Waals surface area contributed by atoms with Crippen LogP contribution in [0.4, 0.5) is 0 Å². The number of H-pyrrole nitrogens is 1. The number of fused-ring (bicyclic) bond motifs is 1. The lowest BCUT2D eigenvalue weighted by Crippen LogP contribution is -2.27. The Bertz CT molecular complexity index is 1400. The first-order valence-electron chi connectivity index (χ1n) is 10.2. The molecule has 2 aromatic carbocycles. The van der Waals surface area contributed by atoms with E-state index >= 15 is 0 Å². The van der Waals surface area contributed by atoms with E-state index in [9.17, 15) is 17.8 Å². The number of nitrogens with one attached hydrogen (secondary N) is 1. The van der Waals surface area contributed by atoms with Gasteiger partial charge in [-0.25, -0.2) is 8.42 Å². The number of rotatable bonds is 4. The van der Waals surface area contributed by atoms with E-state index in [-0.39, 0.29) is 10.7 Å². The summed E-state index contributed by atoms with van der Waals surface area (Å²) in [5, 5.41) is 5.47. The van der Waals surface area contributed by atoms with Gasteiger partial charge in [0.25, 0.3) is 0 Å². The molecule has 0 spiro atoms. The fourth-order valence-electron chi connectivity index (χ4n) is 3.60. The van der Waals surface area contributed by atoms with Crippen molar-refractivity contribution in [2.75, 3.05) is 0 Å². The van der Waals surface area contributed by atoms with Crippen LogP contribution >= 0.6 is 0 Å². The van der Waals surface area contributed by atoms with Crippen LogP contribution in [-0.4, -0.2) is 30.0 Å². The summed E-state index contributed by atoms with van der Waals surface area (Å²) in [6.45, 7) is 6.66. The maximum atomic E-state index is 11.3. The van der Waals surface area contributed by atoms with E-state index in [2.05, 4.69) is 10.1 Å². The maximum Gasteiger partial charge on any atom is 0.213 e. The third kappa shape index (κ3) is 6.21. The van der Waals surface area contributed by atoms with Crippen molar-refractivity contribution in [3.05, 3.63) is 94.9 Å². The van der Waals surface area contributed by atoms with Crippen LogP contribution in [0.3, 0.4) is 0 Å². The molecule has 0 radical (unpaired) electrons. The van der Waals surface area contributed by atoms with Gasteiger partial charge in [-0.15, -0.1) is 0 Å². The number of hydrogen-bond donors (Lipinski definition) is 1. The predicted molar refractivity (Wildman–Crippen MR) is 127 cm³/mol. The molecule has 0 saturated carbocycles. The molecule has 170 valence electrons. The van der Waals surface area contributed by atoms with Gasteiger partial charge in [0.2, 0.25) is 12.4 Å². The summed E-state index contributed by atoms with van der Waals surface area (Å²) in [6.07, 6.45) is 5.25. The number of aryl methyl sites for hydroxylation is 3. The second-order valence-corrected chi connectivity index (χ2v) is 9.08. The molecule has 0 fully saturated rings. The quantitative estimate of drug-likeness (QED) is 0.213. The molecule has 0 aliphatic rings. The van der Waals surface area contributed by atoms with Gasteiger partial charge < -0.3 is 9.54 Å². The summed E-state index contributed by atoms with van der Waals surface area (Å²) in [7, 11) is -4.33. The fraction of sp³-hybridized carbons (Fsp3) is 0.160. The van der Waals surface area contributed by atoms with Crippen molar-refractivity contribution < 1.29 is 22.4 Å². The van der Waals surface area contributed by atoms with E-state index in [4.69, 9.17) is 0 Å².